The molecule has 0 bridgehead atoms. The number of fused-ring (bicyclic) bond motifs is 1. The van der Waals surface area contributed by atoms with E-state index in [2.05, 4.69) is 62.1 Å². The largest absolute Gasteiger partial charge is 0.377 e. The number of hydrogen-bond donors (Lipinski definition) is 1. The zero-order valence-electron chi connectivity index (χ0n) is 20.6. The summed E-state index contributed by atoms with van der Waals surface area (Å²) in [7, 11) is 0. The second-order valence-electron chi connectivity index (χ2n) is 10.1. The predicted octanol–water partition coefficient (Wildman–Crippen LogP) is 4.38. The van der Waals surface area contributed by atoms with Gasteiger partial charge in [0.25, 0.3) is 5.56 Å². The van der Waals surface area contributed by atoms with Gasteiger partial charge in [-0.3, -0.25) is 9.69 Å². The van der Waals surface area contributed by atoms with Gasteiger partial charge in [0.05, 0.1) is 23.7 Å². The van der Waals surface area contributed by atoms with Crippen LogP contribution in [0.15, 0.2) is 23.0 Å². The number of aromatic nitrogens is 5. The third kappa shape index (κ3) is 4.66. The topological polar surface area (TPSA) is 88.9 Å². The number of ether oxygens (including phenoxy) is 1. The number of H-pyrrole nitrogens is 1. The summed E-state index contributed by atoms with van der Waals surface area (Å²) in [6.45, 7) is 8.43. The van der Waals surface area contributed by atoms with Gasteiger partial charge in [0, 0.05) is 25.3 Å². The average molecular weight is 465 g/mol. The van der Waals surface area contributed by atoms with E-state index < -0.39 is 0 Å². The lowest BCUT2D eigenvalue weighted by Crippen LogP contribution is -2.38. The molecule has 1 saturated carbocycles. The van der Waals surface area contributed by atoms with E-state index in [-0.39, 0.29) is 17.7 Å². The maximum Gasteiger partial charge on any atom is 0.252 e. The van der Waals surface area contributed by atoms with Crippen molar-refractivity contribution in [3.05, 3.63) is 51.1 Å². The molecular weight excluding hydrogens is 428 g/mol. The van der Waals surface area contributed by atoms with Crippen molar-refractivity contribution in [3.63, 3.8) is 0 Å². The minimum absolute atomic E-state index is 0.0224. The van der Waals surface area contributed by atoms with Gasteiger partial charge in [-0.2, -0.15) is 0 Å². The molecule has 2 aromatic heterocycles. The summed E-state index contributed by atoms with van der Waals surface area (Å²) in [5.74, 6) is 0.913. The third-order valence-electron chi connectivity index (χ3n) is 7.52. The summed E-state index contributed by atoms with van der Waals surface area (Å²) in [4.78, 5) is 18.7. The highest BCUT2D eigenvalue weighted by Crippen LogP contribution is 2.33. The fourth-order valence-corrected chi connectivity index (χ4v) is 5.85. The second-order valence-corrected chi connectivity index (χ2v) is 10.1. The van der Waals surface area contributed by atoms with Crippen LogP contribution in [-0.4, -0.2) is 49.3 Å². The van der Waals surface area contributed by atoms with Gasteiger partial charge < -0.3 is 9.72 Å². The van der Waals surface area contributed by atoms with Crippen molar-refractivity contribution in [1.82, 2.24) is 30.1 Å². The smallest absolute Gasteiger partial charge is 0.252 e. The van der Waals surface area contributed by atoms with Crippen molar-refractivity contribution in [3.8, 4) is 0 Å². The minimum atomic E-state index is -0.0259. The standard InChI is InChI=1S/C26H36N6O2/c1-4-23(25-28-29-30-32(25)21-8-5-6-9-21)31(16-22-10-7-11-34-22)15-20-14-19-13-17(2)12-18(3)24(19)27-26(20)33/h12-14,21-23H,4-11,15-16H2,1-3H3,(H,27,33)/t22-,23-/m0/s1. The van der Waals surface area contributed by atoms with Gasteiger partial charge in [-0.05, 0) is 79.5 Å². The van der Waals surface area contributed by atoms with Gasteiger partial charge in [-0.25, -0.2) is 4.68 Å². The summed E-state index contributed by atoms with van der Waals surface area (Å²) >= 11 is 0. The van der Waals surface area contributed by atoms with Crippen molar-refractivity contribution < 1.29 is 4.74 Å². The van der Waals surface area contributed by atoms with E-state index in [1.165, 1.54) is 18.4 Å². The van der Waals surface area contributed by atoms with E-state index in [4.69, 9.17) is 4.74 Å². The molecule has 8 heteroatoms. The molecule has 1 N–H and O–H groups in total. The lowest BCUT2D eigenvalue weighted by atomic mass is 10.0. The van der Waals surface area contributed by atoms with Crippen LogP contribution < -0.4 is 5.56 Å². The first-order valence-corrected chi connectivity index (χ1v) is 12.8. The SMILES string of the molecule is CC[C@@H](c1nnnn1C1CCCC1)N(Cc1cc2cc(C)cc(C)c2[nH]c1=O)C[C@@H]1CCCO1. The van der Waals surface area contributed by atoms with E-state index in [1.54, 1.807) is 0 Å². The molecule has 2 aliphatic rings. The van der Waals surface area contributed by atoms with Gasteiger partial charge in [-0.1, -0.05) is 31.4 Å². The first-order chi connectivity index (χ1) is 16.5. The Morgan fingerprint density at radius 2 is 2.00 bits per heavy atom. The first kappa shape index (κ1) is 23.2. The molecule has 8 nitrogen and oxygen atoms in total. The van der Waals surface area contributed by atoms with E-state index in [0.717, 1.165) is 73.1 Å². The summed E-state index contributed by atoms with van der Waals surface area (Å²) in [5.41, 5.74) is 3.96. The molecule has 1 saturated heterocycles. The Balaban J connectivity index is 1.50. The van der Waals surface area contributed by atoms with Crippen LogP contribution in [0.3, 0.4) is 0 Å². The molecule has 0 spiro atoms. The van der Waals surface area contributed by atoms with Crippen LogP contribution in [0.5, 0.6) is 0 Å². The molecule has 1 aromatic carbocycles. The van der Waals surface area contributed by atoms with E-state index in [1.807, 2.05) is 6.92 Å². The molecule has 1 aliphatic heterocycles. The molecule has 1 aliphatic carbocycles. The van der Waals surface area contributed by atoms with Crippen molar-refractivity contribution in [1.29, 1.82) is 0 Å². The van der Waals surface area contributed by atoms with Gasteiger partial charge in [-0.15, -0.1) is 5.10 Å². The lowest BCUT2D eigenvalue weighted by Gasteiger charge is -2.32. The number of pyridine rings is 1. The number of aromatic amines is 1. The summed E-state index contributed by atoms with van der Waals surface area (Å²) in [6.07, 6.45) is 7.89. The van der Waals surface area contributed by atoms with Gasteiger partial charge in [0.15, 0.2) is 5.82 Å². The predicted molar refractivity (Wildman–Crippen MR) is 132 cm³/mol. The van der Waals surface area contributed by atoms with Crippen molar-refractivity contribution in [2.75, 3.05) is 13.2 Å². The van der Waals surface area contributed by atoms with Crippen LogP contribution in [0.25, 0.3) is 10.9 Å². The zero-order chi connectivity index (χ0) is 23.7. The van der Waals surface area contributed by atoms with E-state index >= 15 is 0 Å². The minimum Gasteiger partial charge on any atom is -0.377 e. The Bertz CT molecular complexity index is 1190. The van der Waals surface area contributed by atoms with Crippen molar-refractivity contribution >= 4 is 10.9 Å². The molecule has 182 valence electrons. The quantitative estimate of drug-likeness (QED) is 0.532. The van der Waals surface area contributed by atoms with Crippen LogP contribution >= 0.6 is 0 Å². The number of hydrogen-bond acceptors (Lipinski definition) is 6. The highest BCUT2D eigenvalue weighted by molar-refractivity contribution is 5.82. The first-order valence-electron chi connectivity index (χ1n) is 12.8. The van der Waals surface area contributed by atoms with Crippen LogP contribution in [0.2, 0.25) is 0 Å². The van der Waals surface area contributed by atoms with Crippen molar-refractivity contribution in [2.45, 2.75) is 90.4 Å². The van der Waals surface area contributed by atoms with Crippen LogP contribution in [-0.2, 0) is 11.3 Å². The fourth-order valence-electron chi connectivity index (χ4n) is 5.85. The molecule has 2 atom stereocenters. The number of tetrazole rings is 1. The highest BCUT2D eigenvalue weighted by atomic mass is 16.5. The van der Waals surface area contributed by atoms with E-state index in [0.29, 0.717) is 12.6 Å². The monoisotopic (exact) mass is 464 g/mol. The van der Waals surface area contributed by atoms with Crippen LogP contribution in [0, 0.1) is 13.8 Å². The van der Waals surface area contributed by atoms with Crippen molar-refractivity contribution in [2.24, 2.45) is 0 Å². The third-order valence-corrected chi connectivity index (χ3v) is 7.52. The molecule has 2 fully saturated rings. The fraction of sp³-hybridized carbons (Fsp3) is 0.615. The Kier molecular flexibility index (Phi) is 6.79. The molecule has 3 heterocycles. The Labute approximate surface area is 200 Å². The maximum absolute atomic E-state index is 13.2. The normalized spacial score (nSPS) is 20.1. The Hall–Kier alpha value is -2.58. The van der Waals surface area contributed by atoms with Gasteiger partial charge >= 0.3 is 0 Å². The summed E-state index contributed by atoms with van der Waals surface area (Å²) < 4.78 is 8.07. The number of nitrogens with one attached hydrogen (secondary N) is 1. The maximum atomic E-state index is 13.2. The number of nitrogens with zero attached hydrogens (tertiary/aromatic N) is 5. The summed E-state index contributed by atoms with van der Waals surface area (Å²) in [5, 5.41) is 14.0. The van der Waals surface area contributed by atoms with E-state index in [9.17, 15) is 4.79 Å². The highest BCUT2D eigenvalue weighted by Gasteiger charge is 2.31. The molecule has 0 unspecified atom stereocenters. The number of benzene rings is 1. The van der Waals surface area contributed by atoms with Crippen LogP contribution in [0.4, 0.5) is 0 Å². The Morgan fingerprint density at radius 1 is 1.18 bits per heavy atom. The number of rotatable bonds is 8. The lowest BCUT2D eigenvalue weighted by molar-refractivity contribution is 0.0484. The Morgan fingerprint density at radius 3 is 2.74 bits per heavy atom. The zero-order valence-corrected chi connectivity index (χ0v) is 20.6. The molecule has 0 radical (unpaired) electrons. The van der Waals surface area contributed by atoms with Gasteiger partial charge in [0.1, 0.15) is 0 Å². The van der Waals surface area contributed by atoms with Gasteiger partial charge in [0.2, 0.25) is 0 Å². The van der Waals surface area contributed by atoms with Crippen LogP contribution in [0.1, 0.15) is 86.5 Å². The molecule has 5 rings (SSSR count). The molecular formula is C26H36N6O2. The summed E-state index contributed by atoms with van der Waals surface area (Å²) in [6, 6.07) is 6.71. The molecule has 3 aromatic rings. The average Bonchev–Trinajstić information content (AvgIpc) is 3.58. The second kappa shape index (κ2) is 9.96. The number of aryl methyl sites for hydroxylation is 2. The molecule has 34 heavy (non-hydrogen) atoms. The molecule has 0 amide bonds.